The predicted octanol–water partition coefficient (Wildman–Crippen LogP) is 4.12. The number of hydrogen-bond donors (Lipinski definition) is 1. The van der Waals surface area contributed by atoms with E-state index < -0.39 is 0 Å². The smallest absolute Gasteiger partial charge is 0.0895 e. The maximum atomic E-state index is 12.1. The maximum absolute atomic E-state index is 12.1. The molecule has 0 aromatic heterocycles. The highest BCUT2D eigenvalue weighted by Crippen LogP contribution is 2.38. The van der Waals surface area contributed by atoms with Gasteiger partial charge in [0.2, 0.25) is 0 Å². The lowest BCUT2D eigenvalue weighted by Crippen LogP contribution is -2.35. The van der Waals surface area contributed by atoms with Gasteiger partial charge in [0.15, 0.2) is 0 Å². The standard InChI is InChI=1S/C11H13Cl2FN2S/c12-8-5-10-11(6-9(8)13)17-15-7-16(10)4-2-1-3-14/h5-6,15H,1-4,7H2. The third-order valence-electron chi connectivity index (χ3n) is 2.59. The summed E-state index contributed by atoms with van der Waals surface area (Å²) >= 11 is 13.5. The second-order valence-electron chi connectivity index (χ2n) is 3.80. The number of halogens is 3. The van der Waals surface area contributed by atoms with E-state index in [1.165, 1.54) is 0 Å². The van der Waals surface area contributed by atoms with Gasteiger partial charge in [-0.3, -0.25) is 4.39 Å². The molecule has 6 heteroatoms. The summed E-state index contributed by atoms with van der Waals surface area (Å²) < 4.78 is 15.3. The van der Waals surface area contributed by atoms with Crippen molar-refractivity contribution in [1.29, 1.82) is 0 Å². The van der Waals surface area contributed by atoms with Crippen LogP contribution in [0.2, 0.25) is 10.0 Å². The van der Waals surface area contributed by atoms with Crippen molar-refractivity contribution in [3.8, 4) is 0 Å². The van der Waals surface area contributed by atoms with Crippen LogP contribution in [-0.2, 0) is 0 Å². The summed E-state index contributed by atoms with van der Waals surface area (Å²) in [6.07, 6.45) is 1.43. The van der Waals surface area contributed by atoms with Crippen molar-refractivity contribution < 1.29 is 4.39 Å². The predicted molar refractivity (Wildman–Crippen MR) is 72.9 cm³/mol. The third-order valence-corrected chi connectivity index (χ3v) is 4.13. The van der Waals surface area contributed by atoms with Crippen LogP contribution in [0, 0.1) is 0 Å². The molecule has 1 aromatic rings. The summed E-state index contributed by atoms with van der Waals surface area (Å²) in [7, 11) is 0. The van der Waals surface area contributed by atoms with Crippen LogP contribution < -0.4 is 9.62 Å². The van der Waals surface area contributed by atoms with Crippen LogP contribution in [0.1, 0.15) is 12.8 Å². The Morgan fingerprint density at radius 2 is 2.06 bits per heavy atom. The Morgan fingerprint density at radius 3 is 2.82 bits per heavy atom. The summed E-state index contributed by atoms with van der Waals surface area (Å²) in [6.45, 7) is 1.30. The second-order valence-corrected chi connectivity index (χ2v) is 5.55. The Bertz CT molecular complexity index is 403. The lowest BCUT2D eigenvalue weighted by atomic mass is 10.2. The van der Waals surface area contributed by atoms with Gasteiger partial charge in [-0.25, -0.2) is 4.72 Å². The zero-order chi connectivity index (χ0) is 12.3. The SMILES string of the molecule is FCCCCN1CNSc2cc(Cl)c(Cl)cc21. The number of fused-ring (bicyclic) bond motifs is 1. The molecule has 0 unspecified atom stereocenters. The molecule has 17 heavy (non-hydrogen) atoms. The quantitative estimate of drug-likeness (QED) is 0.664. The van der Waals surface area contributed by atoms with E-state index in [0.29, 0.717) is 16.5 Å². The van der Waals surface area contributed by atoms with Gasteiger partial charge in [0.05, 0.1) is 29.1 Å². The first-order valence-corrected chi connectivity index (χ1v) is 6.99. The minimum absolute atomic E-state index is 0.260. The fourth-order valence-corrected chi connectivity index (χ4v) is 2.95. The zero-order valence-corrected chi connectivity index (χ0v) is 11.5. The van der Waals surface area contributed by atoms with Gasteiger partial charge in [0, 0.05) is 11.4 Å². The minimum atomic E-state index is -0.260. The molecule has 0 atom stereocenters. The van der Waals surface area contributed by atoms with Crippen LogP contribution in [0.25, 0.3) is 0 Å². The van der Waals surface area contributed by atoms with Gasteiger partial charge >= 0.3 is 0 Å². The normalized spacial score (nSPS) is 14.9. The molecule has 1 aromatic carbocycles. The van der Waals surface area contributed by atoms with Crippen LogP contribution in [0.4, 0.5) is 10.1 Å². The van der Waals surface area contributed by atoms with Crippen LogP contribution in [0.3, 0.4) is 0 Å². The van der Waals surface area contributed by atoms with E-state index in [-0.39, 0.29) is 6.67 Å². The summed E-state index contributed by atoms with van der Waals surface area (Å²) in [5, 5.41) is 1.12. The number of rotatable bonds is 4. The summed E-state index contributed by atoms with van der Waals surface area (Å²) in [5.41, 5.74) is 1.07. The topological polar surface area (TPSA) is 15.3 Å². The number of benzene rings is 1. The molecule has 0 radical (unpaired) electrons. The molecule has 2 nitrogen and oxygen atoms in total. The maximum Gasteiger partial charge on any atom is 0.0895 e. The minimum Gasteiger partial charge on any atom is -0.357 e. The Labute approximate surface area is 115 Å². The summed E-state index contributed by atoms with van der Waals surface area (Å²) in [5.74, 6) is 0. The molecule has 94 valence electrons. The van der Waals surface area contributed by atoms with Crippen molar-refractivity contribution in [2.24, 2.45) is 0 Å². The molecule has 0 spiro atoms. The van der Waals surface area contributed by atoms with E-state index in [0.717, 1.165) is 30.2 Å². The highest BCUT2D eigenvalue weighted by molar-refractivity contribution is 7.97. The molecule has 0 saturated carbocycles. The highest BCUT2D eigenvalue weighted by Gasteiger charge is 2.18. The van der Waals surface area contributed by atoms with Crippen LogP contribution in [0.5, 0.6) is 0 Å². The first kappa shape index (κ1) is 13.3. The van der Waals surface area contributed by atoms with Crippen molar-refractivity contribution in [3.63, 3.8) is 0 Å². The molecule has 1 aliphatic heterocycles. The molecular formula is C11H13Cl2FN2S. The van der Waals surface area contributed by atoms with Gasteiger partial charge in [-0.1, -0.05) is 23.2 Å². The van der Waals surface area contributed by atoms with E-state index in [1.807, 2.05) is 12.1 Å². The van der Waals surface area contributed by atoms with Gasteiger partial charge in [0.1, 0.15) is 0 Å². The summed E-state index contributed by atoms with van der Waals surface area (Å²) in [4.78, 5) is 3.22. The van der Waals surface area contributed by atoms with Crippen molar-refractivity contribution in [2.45, 2.75) is 17.7 Å². The average Bonchev–Trinajstić information content (AvgIpc) is 2.32. The second kappa shape index (κ2) is 6.14. The van der Waals surface area contributed by atoms with E-state index >= 15 is 0 Å². The van der Waals surface area contributed by atoms with Gasteiger partial charge in [-0.2, -0.15) is 0 Å². The molecule has 0 saturated heterocycles. The lowest BCUT2D eigenvalue weighted by molar-refractivity contribution is 0.461. The monoisotopic (exact) mass is 294 g/mol. The Kier molecular flexibility index (Phi) is 4.79. The van der Waals surface area contributed by atoms with E-state index in [9.17, 15) is 4.39 Å². The molecule has 0 amide bonds. The number of unbranched alkanes of at least 4 members (excludes halogenated alkanes) is 1. The number of nitrogens with zero attached hydrogens (tertiary/aromatic N) is 1. The van der Waals surface area contributed by atoms with Crippen LogP contribution in [-0.4, -0.2) is 19.9 Å². The van der Waals surface area contributed by atoms with Gasteiger partial charge < -0.3 is 4.90 Å². The third kappa shape index (κ3) is 3.19. The molecule has 1 N–H and O–H groups in total. The largest absolute Gasteiger partial charge is 0.357 e. The highest BCUT2D eigenvalue weighted by atomic mass is 35.5. The van der Waals surface area contributed by atoms with Crippen LogP contribution in [0.15, 0.2) is 17.0 Å². The van der Waals surface area contributed by atoms with Gasteiger partial charge in [-0.05, 0) is 36.9 Å². The molecular weight excluding hydrogens is 282 g/mol. The Morgan fingerprint density at radius 1 is 1.29 bits per heavy atom. The summed E-state index contributed by atoms with van der Waals surface area (Å²) in [6, 6.07) is 3.74. The molecule has 1 heterocycles. The average molecular weight is 295 g/mol. The first-order valence-electron chi connectivity index (χ1n) is 5.42. The molecule has 0 bridgehead atoms. The van der Waals surface area contributed by atoms with E-state index in [4.69, 9.17) is 23.2 Å². The van der Waals surface area contributed by atoms with Gasteiger partial charge in [-0.15, -0.1) is 0 Å². The molecule has 0 aliphatic carbocycles. The lowest BCUT2D eigenvalue weighted by Gasteiger charge is -2.31. The fourth-order valence-electron chi connectivity index (χ4n) is 1.72. The van der Waals surface area contributed by atoms with E-state index in [1.54, 1.807) is 11.9 Å². The fraction of sp³-hybridized carbons (Fsp3) is 0.455. The number of nitrogens with one attached hydrogen (secondary N) is 1. The Hall–Kier alpha value is -0.160. The van der Waals surface area contributed by atoms with Crippen molar-refractivity contribution in [2.75, 3.05) is 24.8 Å². The van der Waals surface area contributed by atoms with Crippen molar-refractivity contribution in [3.05, 3.63) is 22.2 Å². The first-order chi connectivity index (χ1) is 8.22. The number of alkyl halides is 1. The molecule has 2 rings (SSSR count). The number of hydrogen-bond acceptors (Lipinski definition) is 3. The zero-order valence-electron chi connectivity index (χ0n) is 9.18. The van der Waals surface area contributed by atoms with Crippen molar-refractivity contribution in [1.82, 2.24) is 4.72 Å². The molecule has 1 aliphatic rings. The van der Waals surface area contributed by atoms with Crippen molar-refractivity contribution >= 4 is 40.8 Å². The number of anilines is 1. The van der Waals surface area contributed by atoms with E-state index in [2.05, 4.69) is 9.62 Å². The van der Waals surface area contributed by atoms with Crippen LogP contribution >= 0.6 is 35.1 Å². The Balaban J connectivity index is 2.15. The molecule has 0 fully saturated rings. The van der Waals surface area contributed by atoms with Gasteiger partial charge in [0.25, 0.3) is 0 Å².